The van der Waals surface area contributed by atoms with Crippen molar-refractivity contribution in [2.24, 2.45) is 0 Å². The molecule has 2 heterocycles. The van der Waals surface area contributed by atoms with Gasteiger partial charge >= 0.3 is 0 Å². The normalized spacial score (nSPS) is 10.5. The summed E-state index contributed by atoms with van der Waals surface area (Å²) in [5, 5.41) is 14.8. The van der Waals surface area contributed by atoms with Crippen LogP contribution in [0.25, 0.3) is 0 Å². The Hall–Kier alpha value is -2.96. The lowest BCUT2D eigenvalue weighted by Gasteiger charge is -2.15. The van der Waals surface area contributed by atoms with Crippen LogP contribution in [0.3, 0.4) is 0 Å². The summed E-state index contributed by atoms with van der Waals surface area (Å²) in [5.74, 6) is 0.0220. The second kappa shape index (κ2) is 9.03. The van der Waals surface area contributed by atoms with Gasteiger partial charge in [0.2, 0.25) is 0 Å². The molecule has 0 spiro atoms. The van der Waals surface area contributed by atoms with E-state index in [1.165, 1.54) is 6.20 Å². The monoisotopic (exact) mass is 427 g/mol. The highest BCUT2D eigenvalue weighted by Crippen LogP contribution is 2.28. The Morgan fingerprint density at radius 2 is 1.86 bits per heavy atom. The fourth-order valence-corrected chi connectivity index (χ4v) is 3.25. The summed E-state index contributed by atoms with van der Waals surface area (Å²) in [6.07, 6.45) is 4.93. The number of carbonyl (C=O) groups is 1. The van der Waals surface area contributed by atoms with Crippen LogP contribution < -0.4 is 10.6 Å². The third-order valence-electron chi connectivity index (χ3n) is 4.13. The van der Waals surface area contributed by atoms with E-state index in [1.807, 2.05) is 13.0 Å². The van der Waals surface area contributed by atoms with Crippen LogP contribution in [0.5, 0.6) is 0 Å². The van der Waals surface area contributed by atoms with Crippen molar-refractivity contribution >= 4 is 46.3 Å². The van der Waals surface area contributed by atoms with E-state index in [2.05, 4.69) is 20.6 Å². The molecule has 6 nitrogen and oxygen atoms in total. The first-order chi connectivity index (χ1) is 13.8. The van der Waals surface area contributed by atoms with Crippen molar-refractivity contribution < 1.29 is 4.79 Å². The number of anilines is 2. The van der Waals surface area contributed by atoms with Gasteiger partial charge in [-0.05, 0) is 49.2 Å². The van der Waals surface area contributed by atoms with Gasteiger partial charge in [0.25, 0.3) is 5.91 Å². The van der Waals surface area contributed by atoms with Crippen molar-refractivity contribution in [3.63, 3.8) is 0 Å². The summed E-state index contributed by atoms with van der Waals surface area (Å²) < 4.78 is 0. The Labute approximate surface area is 178 Å². The second-order valence-corrected chi connectivity index (χ2v) is 7.33. The largest absolute Gasteiger partial charge is 0.365 e. The molecule has 0 radical (unpaired) electrons. The maximum absolute atomic E-state index is 12.7. The fraction of sp³-hybridized carbons (Fsp3) is 0.143. The van der Waals surface area contributed by atoms with E-state index in [4.69, 9.17) is 28.6 Å². The lowest BCUT2D eigenvalue weighted by Crippen LogP contribution is -2.16. The van der Waals surface area contributed by atoms with Crippen LogP contribution in [-0.2, 0) is 6.54 Å². The third kappa shape index (κ3) is 5.10. The van der Waals surface area contributed by atoms with E-state index >= 15 is 0 Å². The molecule has 2 aromatic heterocycles. The standard InChI is InChI=1S/C21H19Cl2N5O/c1-12-7-14(9-25-8-12)10-26-20-18(13(2)24)19(23)17(11-27-20)21(29)28-16-5-3-15(22)4-6-16/h3-9,11,24H,10H2,1-2H3,(H,26,27)(H,28,29). The Balaban J connectivity index is 1.85. The molecule has 0 bridgehead atoms. The minimum Gasteiger partial charge on any atom is -0.365 e. The number of aryl methyl sites for hydroxylation is 1. The summed E-state index contributed by atoms with van der Waals surface area (Å²) in [6, 6.07) is 8.74. The Bertz CT molecular complexity index is 1070. The van der Waals surface area contributed by atoms with Gasteiger partial charge < -0.3 is 16.0 Å². The number of rotatable bonds is 6. The molecule has 1 amide bonds. The minimum absolute atomic E-state index is 0.170. The van der Waals surface area contributed by atoms with Gasteiger partial charge in [0, 0.05) is 41.6 Å². The van der Waals surface area contributed by atoms with Crippen LogP contribution in [0.1, 0.15) is 34.0 Å². The lowest BCUT2D eigenvalue weighted by atomic mass is 10.1. The molecule has 0 atom stereocenters. The number of nitrogens with one attached hydrogen (secondary N) is 3. The van der Waals surface area contributed by atoms with Crippen LogP contribution >= 0.6 is 23.2 Å². The molecule has 0 aliphatic rings. The summed E-state index contributed by atoms with van der Waals surface area (Å²) in [4.78, 5) is 21.2. The molecule has 3 N–H and O–H groups in total. The highest BCUT2D eigenvalue weighted by Gasteiger charge is 2.20. The fourth-order valence-electron chi connectivity index (χ4n) is 2.76. The Morgan fingerprint density at radius 1 is 1.14 bits per heavy atom. The molecular formula is C21H19Cl2N5O. The van der Waals surface area contributed by atoms with Crippen molar-refractivity contribution in [1.29, 1.82) is 5.41 Å². The van der Waals surface area contributed by atoms with Gasteiger partial charge in [0.05, 0.1) is 16.1 Å². The number of benzene rings is 1. The molecule has 0 fully saturated rings. The van der Waals surface area contributed by atoms with E-state index in [1.54, 1.807) is 43.6 Å². The van der Waals surface area contributed by atoms with Gasteiger partial charge in [-0.15, -0.1) is 0 Å². The zero-order valence-electron chi connectivity index (χ0n) is 15.9. The molecule has 29 heavy (non-hydrogen) atoms. The van der Waals surface area contributed by atoms with Gasteiger partial charge in [0.1, 0.15) is 5.82 Å². The molecule has 0 aliphatic heterocycles. The summed E-state index contributed by atoms with van der Waals surface area (Å²) in [5.41, 5.74) is 3.38. The van der Waals surface area contributed by atoms with Crippen LogP contribution in [-0.4, -0.2) is 21.6 Å². The zero-order valence-corrected chi connectivity index (χ0v) is 17.4. The van der Waals surface area contributed by atoms with Crippen molar-refractivity contribution in [3.05, 3.63) is 81.2 Å². The molecule has 1 aromatic carbocycles. The van der Waals surface area contributed by atoms with E-state index in [0.717, 1.165) is 11.1 Å². The Kier molecular flexibility index (Phi) is 6.46. The molecule has 0 unspecified atom stereocenters. The number of carbonyl (C=O) groups excluding carboxylic acids is 1. The number of halogens is 2. The topological polar surface area (TPSA) is 90.8 Å². The zero-order chi connectivity index (χ0) is 21.0. The van der Waals surface area contributed by atoms with Gasteiger partial charge in [-0.2, -0.15) is 0 Å². The summed E-state index contributed by atoms with van der Waals surface area (Å²) in [6.45, 7) is 4.03. The average Bonchev–Trinajstić information content (AvgIpc) is 2.67. The highest BCUT2D eigenvalue weighted by atomic mass is 35.5. The summed E-state index contributed by atoms with van der Waals surface area (Å²) in [7, 11) is 0. The van der Waals surface area contributed by atoms with Gasteiger partial charge in [-0.25, -0.2) is 4.98 Å². The second-order valence-electron chi connectivity index (χ2n) is 6.52. The van der Waals surface area contributed by atoms with Crippen molar-refractivity contribution in [2.75, 3.05) is 10.6 Å². The van der Waals surface area contributed by atoms with Crippen LogP contribution in [0.2, 0.25) is 10.0 Å². The first kappa shape index (κ1) is 20.8. The van der Waals surface area contributed by atoms with E-state index in [9.17, 15) is 4.79 Å². The van der Waals surface area contributed by atoms with Gasteiger partial charge in [-0.3, -0.25) is 9.78 Å². The molecule has 3 rings (SSSR count). The number of aromatic nitrogens is 2. The smallest absolute Gasteiger partial charge is 0.258 e. The Morgan fingerprint density at radius 3 is 2.52 bits per heavy atom. The maximum atomic E-state index is 12.7. The van der Waals surface area contributed by atoms with Crippen molar-refractivity contribution in [3.8, 4) is 0 Å². The minimum atomic E-state index is -0.415. The van der Waals surface area contributed by atoms with Crippen LogP contribution in [0.4, 0.5) is 11.5 Å². The maximum Gasteiger partial charge on any atom is 0.258 e. The SMILES string of the molecule is CC(=N)c1c(NCc2cncc(C)c2)ncc(C(=O)Nc2ccc(Cl)cc2)c1Cl. The van der Waals surface area contributed by atoms with E-state index < -0.39 is 5.91 Å². The third-order valence-corrected chi connectivity index (χ3v) is 4.77. The predicted octanol–water partition coefficient (Wildman–Crippen LogP) is 5.34. The molecular weight excluding hydrogens is 409 g/mol. The number of hydrogen-bond donors (Lipinski definition) is 3. The molecule has 8 heteroatoms. The molecule has 148 valence electrons. The summed E-state index contributed by atoms with van der Waals surface area (Å²) >= 11 is 12.4. The number of pyridine rings is 2. The van der Waals surface area contributed by atoms with Crippen LogP contribution in [0.15, 0.2) is 48.9 Å². The molecule has 0 aliphatic carbocycles. The quantitative estimate of drug-likeness (QED) is 0.462. The van der Waals surface area contributed by atoms with Crippen molar-refractivity contribution in [1.82, 2.24) is 9.97 Å². The van der Waals surface area contributed by atoms with Gasteiger partial charge in [-0.1, -0.05) is 29.3 Å². The lowest BCUT2D eigenvalue weighted by molar-refractivity contribution is 0.102. The van der Waals surface area contributed by atoms with Crippen molar-refractivity contribution in [2.45, 2.75) is 20.4 Å². The van der Waals surface area contributed by atoms with E-state index in [0.29, 0.717) is 28.6 Å². The predicted molar refractivity (Wildman–Crippen MR) is 117 cm³/mol. The van der Waals surface area contributed by atoms with Gasteiger partial charge in [0.15, 0.2) is 0 Å². The highest BCUT2D eigenvalue weighted by molar-refractivity contribution is 6.38. The van der Waals surface area contributed by atoms with Crippen LogP contribution in [0, 0.1) is 12.3 Å². The first-order valence-electron chi connectivity index (χ1n) is 8.80. The molecule has 0 saturated carbocycles. The number of amides is 1. The average molecular weight is 428 g/mol. The number of hydrogen-bond acceptors (Lipinski definition) is 5. The van der Waals surface area contributed by atoms with E-state index in [-0.39, 0.29) is 16.3 Å². The molecule has 3 aromatic rings. The first-order valence-corrected chi connectivity index (χ1v) is 9.56. The molecule has 0 saturated heterocycles. The number of nitrogens with zero attached hydrogens (tertiary/aromatic N) is 2.